The fourth-order valence-corrected chi connectivity index (χ4v) is 2.12. The van der Waals surface area contributed by atoms with Crippen LogP contribution in [0.15, 0.2) is 0 Å². The molecule has 1 N–H and O–H groups in total. The predicted molar refractivity (Wildman–Crippen MR) is 72.3 cm³/mol. The molecule has 9 heteroatoms. The Morgan fingerprint density at radius 3 is 1.76 bits per heavy atom. The Labute approximate surface area is 122 Å². The van der Waals surface area contributed by atoms with E-state index in [-0.39, 0.29) is 35.7 Å². The van der Waals surface area contributed by atoms with Gasteiger partial charge >= 0.3 is 8.60 Å². The first-order valence-electron chi connectivity index (χ1n) is 4.80. The van der Waals surface area contributed by atoms with E-state index in [2.05, 4.69) is 0 Å². The fourth-order valence-electron chi connectivity index (χ4n) is 0.595. The van der Waals surface area contributed by atoms with Crippen LogP contribution < -0.4 is 0 Å². The van der Waals surface area contributed by atoms with E-state index in [0.717, 1.165) is 0 Å². The summed E-state index contributed by atoms with van der Waals surface area (Å²) in [5.74, 6) is 0.498. The van der Waals surface area contributed by atoms with Crippen molar-refractivity contribution < 1.29 is 18.7 Å². The standard InChI is InChI=1S/C8H15Cl4O4P/c1-6(13)16-17(14-4-7(11)2-9)15-5-8(12)3-10/h6-8,13H,2-5H2,1H3. The fraction of sp³-hybridized carbons (Fsp3) is 1.00. The number of aliphatic hydroxyl groups excluding tert-OH is 1. The third-order valence-corrected chi connectivity index (χ3v) is 4.11. The summed E-state index contributed by atoms with van der Waals surface area (Å²) in [6, 6.07) is 0. The topological polar surface area (TPSA) is 47.9 Å². The largest absolute Gasteiger partial charge is 0.368 e. The molecule has 4 nitrogen and oxygen atoms in total. The second-order valence-corrected chi connectivity index (χ2v) is 6.05. The summed E-state index contributed by atoms with van der Waals surface area (Å²) in [7, 11) is -1.71. The normalized spacial score (nSPS) is 18.7. The van der Waals surface area contributed by atoms with Gasteiger partial charge in [0.2, 0.25) is 0 Å². The van der Waals surface area contributed by atoms with Gasteiger partial charge in [-0.25, -0.2) is 0 Å². The van der Waals surface area contributed by atoms with E-state index >= 15 is 0 Å². The van der Waals surface area contributed by atoms with Crippen molar-refractivity contribution in [1.29, 1.82) is 0 Å². The van der Waals surface area contributed by atoms with Crippen molar-refractivity contribution in [3.05, 3.63) is 0 Å². The zero-order valence-electron chi connectivity index (χ0n) is 9.19. The van der Waals surface area contributed by atoms with Gasteiger partial charge in [0.15, 0.2) is 6.29 Å². The Kier molecular flexibility index (Phi) is 12.2. The smallest absolute Gasteiger partial charge is 0.335 e. The first kappa shape index (κ1) is 18.4. The Balaban J connectivity index is 3.96. The minimum atomic E-state index is -1.71. The van der Waals surface area contributed by atoms with Gasteiger partial charge in [0, 0.05) is 11.8 Å². The summed E-state index contributed by atoms with van der Waals surface area (Å²) in [6.07, 6.45) is -1.00. The minimum Gasteiger partial charge on any atom is -0.368 e. The first-order chi connectivity index (χ1) is 7.99. The highest BCUT2D eigenvalue weighted by atomic mass is 35.5. The van der Waals surface area contributed by atoms with Gasteiger partial charge in [-0.2, -0.15) is 0 Å². The predicted octanol–water partition coefficient (Wildman–Crippen LogP) is 3.29. The maximum atomic E-state index is 9.08. The van der Waals surface area contributed by atoms with E-state index in [0.29, 0.717) is 0 Å². The van der Waals surface area contributed by atoms with Gasteiger partial charge in [0.25, 0.3) is 0 Å². The highest BCUT2D eigenvalue weighted by Crippen LogP contribution is 2.41. The summed E-state index contributed by atoms with van der Waals surface area (Å²) in [5, 5.41) is 8.39. The molecule has 0 aromatic carbocycles. The molecule has 0 aliphatic heterocycles. The molecule has 0 aromatic heterocycles. The van der Waals surface area contributed by atoms with Crippen LogP contribution in [0.5, 0.6) is 0 Å². The number of rotatable bonds is 10. The SMILES string of the molecule is CC(O)OP(OCC(Cl)CCl)OCC(Cl)CCl. The number of alkyl halides is 4. The molecule has 0 spiro atoms. The molecule has 0 fully saturated rings. The van der Waals surface area contributed by atoms with Crippen molar-refractivity contribution in [3.8, 4) is 0 Å². The van der Waals surface area contributed by atoms with E-state index in [1.165, 1.54) is 6.92 Å². The average Bonchev–Trinajstić information content (AvgIpc) is 2.30. The quantitative estimate of drug-likeness (QED) is 0.374. The van der Waals surface area contributed by atoms with Crippen LogP contribution in [0.4, 0.5) is 0 Å². The maximum absolute atomic E-state index is 9.08. The zero-order chi connectivity index (χ0) is 13.3. The molecule has 0 rings (SSSR count). The van der Waals surface area contributed by atoms with Crippen LogP contribution in [-0.4, -0.2) is 47.1 Å². The lowest BCUT2D eigenvalue weighted by Gasteiger charge is -2.19. The van der Waals surface area contributed by atoms with Gasteiger partial charge < -0.3 is 14.2 Å². The molecule has 3 unspecified atom stereocenters. The molecule has 0 amide bonds. The van der Waals surface area contributed by atoms with Gasteiger partial charge in [-0.3, -0.25) is 4.52 Å². The highest BCUT2D eigenvalue weighted by Gasteiger charge is 2.19. The lowest BCUT2D eigenvalue weighted by molar-refractivity contribution is -0.0191. The molecule has 0 radical (unpaired) electrons. The second kappa shape index (κ2) is 11.3. The molecular weight excluding hydrogens is 333 g/mol. The van der Waals surface area contributed by atoms with Crippen molar-refractivity contribution in [2.75, 3.05) is 25.0 Å². The van der Waals surface area contributed by atoms with Crippen LogP contribution in [0.2, 0.25) is 0 Å². The summed E-state index contributed by atoms with van der Waals surface area (Å²) in [4.78, 5) is 0. The Hall–Kier alpha value is 1.43. The molecular formula is C8H15Cl4O4P. The van der Waals surface area contributed by atoms with E-state index < -0.39 is 14.9 Å². The number of halogens is 4. The second-order valence-electron chi connectivity index (χ2n) is 3.02. The minimum absolute atomic E-state index is 0.164. The third-order valence-electron chi connectivity index (χ3n) is 1.30. The Morgan fingerprint density at radius 2 is 1.47 bits per heavy atom. The molecule has 3 atom stereocenters. The van der Waals surface area contributed by atoms with E-state index in [9.17, 15) is 0 Å². The Bertz CT molecular complexity index is 175. The summed E-state index contributed by atoms with van der Waals surface area (Å²) >= 11 is 22.6. The molecule has 17 heavy (non-hydrogen) atoms. The molecule has 104 valence electrons. The van der Waals surface area contributed by atoms with Gasteiger partial charge in [-0.15, -0.1) is 46.4 Å². The van der Waals surface area contributed by atoms with Crippen molar-refractivity contribution in [1.82, 2.24) is 0 Å². The number of aliphatic hydroxyl groups is 1. The van der Waals surface area contributed by atoms with E-state index in [1.807, 2.05) is 0 Å². The highest BCUT2D eigenvalue weighted by molar-refractivity contribution is 7.41. The summed E-state index contributed by atoms with van der Waals surface area (Å²) in [6.45, 7) is 1.77. The molecule has 0 heterocycles. The molecule has 0 bridgehead atoms. The van der Waals surface area contributed by atoms with Crippen LogP contribution in [0.3, 0.4) is 0 Å². The average molecular weight is 348 g/mol. The van der Waals surface area contributed by atoms with Gasteiger partial charge in [-0.05, 0) is 6.92 Å². The Morgan fingerprint density at radius 1 is 1.06 bits per heavy atom. The molecule has 0 aromatic rings. The van der Waals surface area contributed by atoms with Crippen molar-refractivity contribution in [2.45, 2.75) is 24.0 Å². The van der Waals surface area contributed by atoms with Crippen LogP contribution in [-0.2, 0) is 13.6 Å². The van der Waals surface area contributed by atoms with Crippen LogP contribution in [0.1, 0.15) is 6.92 Å². The first-order valence-corrected chi connectivity index (χ1v) is 7.84. The van der Waals surface area contributed by atoms with Crippen LogP contribution >= 0.6 is 55.0 Å². The van der Waals surface area contributed by atoms with Crippen molar-refractivity contribution >= 4 is 55.0 Å². The molecule has 0 aliphatic carbocycles. The number of hydrogen-bond acceptors (Lipinski definition) is 4. The van der Waals surface area contributed by atoms with E-state index in [4.69, 9.17) is 65.1 Å². The van der Waals surface area contributed by atoms with Gasteiger partial charge in [0.05, 0.1) is 24.0 Å². The van der Waals surface area contributed by atoms with E-state index in [1.54, 1.807) is 0 Å². The maximum Gasteiger partial charge on any atom is 0.335 e. The van der Waals surface area contributed by atoms with Crippen molar-refractivity contribution in [2.24, 2.45) is 0 Å². The molecule has 0 saturated carbocycles. The van der Waals surface area contributed by atoms with Gasteiger partial charge in [0.1, 0.15) is 0 Å². The monoisotopic (exact) mass is 346 g/mol. The third kappa shape index (κ3) is 11.0. The molecule has 0 aliphatic rings. The zero-order valence-corrected chi connectivity index (χ0v) is 13.1. The molecule has 0 saturated heterocycles. The lowest BCUT2D eigenvalue weighted by Crippen LogP contribution is -2.15. The lowest BCUT2D eigenvalue weighted by atomic mass is 10.5. The number of hydrogen-bond donors (Lipinski definition) is 1. The summed E-state index contributed by atoms with van der Waals surface area (Å²) in [5.41, 5.74) is 0. The summed E-state index contributed by atoms with van der Waals surface area (Å²) < 4.78 is 15.5. The van der Waals surface area contributed by atoms with Crippen molar-refractivity contribution in [3.63, 3.8) is 0 Å². The van der Waals surface area contributed by atoms with Crippen LogP contribution in [0.25, 0.3) is 0 Å². The van der Waals surface area contributed by atoms with Crippen LogP contribution in [0, 0.1) is 0 Å². The van der Waals surface area contributed by atoms with Gasteiger partial charge in [-0.1, -0.05) is 0 Å².